The summed E-state index contributed by atoms with van der Waals surface area (Å²) in [6, 6.07) is 10.8. The van der Waals surface area contributed by atoms with Gasteiger partial charge in [-0.2, -0.15) is 0 Å². The predicted molar refractivity (Wildman–Crippen MR) is 184 cm³/mol. The highest BCUT2D eigenvalue weighted by Gasteiger charge is 2.26. The van der Waals surface area contributed by atoms with Crippen LogP contribution in [0.4, 0.5) is 0 Å². The van der Waals surface area contributed by atoms with Gasteiger partial charge in [-0.3, -0.25) is 0 Å². The third-order valence-corrected chi connectivity index (χ3v) is 11.2. The lowest BCUT2D eigenvalue weighted by Gasteiger charge is -2.20. The summed E-state index contributed by atoms with van der Waals surface area (Å²) in [5.41, 5.74) is 3.11. The van der Waals surface area contributed by atoms with Crippen molar-refractivity contribution in [1.82, 2.24) is 0 Å². The molecule has 4 aromatic rings. The standard InChI is InChI=1S/C24H8Br10O3/c25-7-1-9(27)17(10(28)2-7)19-13(31)5-15(35)23(21(19)33)37-24-16(36)6-14(32)20(22(24)34)18-11(29)3-8(26)4-12(18)30/h1-6,35-36H. The number of benzene rings is 4. The van der Waals surface area contributed by atoms with Gasteiger partial charge in [0.05, 0.1) is 8.95 Å². The lowest BCUT2D eigenvalue weighted by molar-refractivity contribution is 0.382. The van der Waals surface area contributed by atoms with E-state index in [1.165, 1.54) is 0 Å². The number of ether oxygens (including phenoxy) is 1. The molecule has 0 heterocycles. The van der Waals surface area contributed by atoms with Gasteiger partial charge in [0, 0.05) is 58.0 Å². The molecule has 0 saturated heterocycles. The van der Waals surface area contributed by atoms with E-state index in [0.29, 0.717) is 17.9 Å². The van der Waals surface area contributed by atoms with Crippen LogP contribution in [0.5, 0.6) is 23.0 Å². The van der Waals surface area contributed by atoms with Crippen molar-refractivity contribution < 1.29 is 14.9 Å². The summed E-state index contributed by atoms with van der Waals surface area (Å²) in [5.74, 6) is -0.0153. The molecule has 0 aliphatic carbocycles. The van der Waals surface area contributed by atoms with Gasteiger partial charge in [0.1, 0.15) is 0 Å². The molecular weight excluding hydrogens is 1140 g/mol. The molecule has 0 amide bonds. The minimum Gasteiger partial charge on any atom is -0.504 e. The molecule has 0 atom stereocenters. The van der Waals surface area contributed by atoms with E-state index in [2.05, 4.69) is 159 Å². The SMILES string of the molecule is Oc1cc(Br)c(-c2c(Br)cc(Br)cc2Br)c(Br)c1Oc1c(O)cc(Br)c(-c2c(Br)cc(Br)cc2Br)c1Br. The maximum absolute atomic E-state index is 10.9. The van der Waals surface area contributed by atoms with Gasteiger partial charge in [-0.15, -0.1) is 0 Å². The molecule has 0 saturated carbocycles. The quantitative estimate of drug-likeness (QED) is 0.214. The highest BCUT2D eigenvalue weighted by atomic mass is 79.9. The Morgan fingerprint density at radius 2 is 0.676 bits per heavy atom. The Labute approximate surface area is 296 Å². The molecule has 192 valence electrons. The molecule has 4 aromatic carbocycles. The van der Waals surface area contributed by atoms with Crippen molar-refractivity contribution in [2.24, 2.45) is 0 Å². The van der Waals surface area contributed by atoms with Crippen molar-refractivity contribution in [3.8, 4) is 45.3 Å². The minimum absolute atomic E-state index is 0.123. The Bertz CT molecular complexity index is 1420. The zero-order chi connectivity index (χ0) is 27.3. The van der Waals surface area contributed by atoms with Crippen molar-refractivity contribution in [1.29, 1.82) is 0 Å². The van der Waals surface area contributed by atoms with Crippen LogP contribution < -0.4 is 4.74 Å². The molecule has 13 heteroatoms. The van der Waals surface area contributed by atoms with Gasteiger partial charge < -0.3 is 14.9 Å². The van der Waals surface area contributed by atoms with Crippen molar-refractivity contribution in [2.75, 3.05) is 0 Å². The summed E-state index contributed by atoms with van der Waals surface area (Å²) in [4.78, 5) is 0. The summed E-state index contributed by atoms with van der Waals surface area (Å²) in [7, 11) is 0. The zero-order valence-electron chi connectivity index (χ0n) is 17.5. The molecular formula is C24H8Br10O3. The van der Waals surface area contributed by atoms with Gasteiger partial charge in [-0.05, 0) is 100 Å². The molecule has 0 unspecified atom stereocenters. The number of halogens is 10. The van der Waals surface area contributed by atoms with Gasteiger partial charge in [0.2, 0.25) is 0 Å². The molecule has 0 aliphatic heterocycles. The summed E-state index contributed by atoms with van der Waals surface area (Å²) in [5, 5.41) is 21.8. The molecule has 2 N–H and O–H groups in total. The fourth-order valence-electron chi connectivity index (χ4n) is 3.49. The van der Waals surface area contributed by atoms with Crippen LogP contribution in [0.2, 0.25) is 0 Å². The third kappa shape index (κ3) is 6.30. The Balaban J connectivity index is 1.94. The van der Waals surface area contributed by atoms with E-state index < -0.39 is 0 Å². The van der Waals surface area contributed by atoms with Crippen molar-refractivity contribution in [2.45, 2.75) is 0 Å². The van der Waals surface area contributed by atoms with E-state index in [1.54, 1.807) is 12.1 Å². The van der Waals surface area contributed by atoms with Crippen LogP contribution in [0, 0.1) is 0 Å². The van der Waals surface area contributed by atoms with E-state index in [-0.39, 0.29) is 23.0 Å². The lowest BCUT2D eigenvalue weighted by Crippen LogP contribution is -1.95. The normalized spacial score (nSPS) is 11.2. The van der Waals surface area contributed by atoms with Crippen LogP contribution in [0.1, 0.15) is 0 Å². The monoisotopic (exact) mass is 1130 g/mol. The minimum atomic E-state index is -0.131. The fourth-order valence-corrected chi connectivity index (χ4v) is 12.0. The summed E-state index contributed by atoms with van der Waals surface area (Å²) < 4.78 is 13.5. The van der Waals surface area contributed by atoms with E-state index in [4.69, 9.17) is 4.74 Å². The van der Waals surface area contributed by atoms with E-state index >= 15 is 0 Å². The molecule has 0 radical (unpaired) electrons. The van der Waals surface area contributed by atoms with E-state index in [1.807, 2.05) is 24.3 Å². The first-order chi connectivity index (χ1) is 17.3. The number of aromatic hydroxyl groups is 2. The Kier molecular flexibility index (Phi) is 10.5. The van der Waals surface area contributed by atoms with E-state index in [0.717, 1.165) is 49.1 Å². The highest BCUT2D eigenvalue weighted by Crippen LogP contribution is 2.55. The van der Waals surface area contributed by atoms with Gasteiger partial charge >= 0.3 is 0 Å². The maximum Gasteiger partial charge on any atom is 0.184 e. The van der Waals surface area contributed by atoms with Crippen LogP contribution in [0.25, 0.3) is 22.3 Å². The predicted octanol–water partition coefficient (Wildman–Crippen LogP) is 13.8. The molecule has 0 spiro atoms. The molecule has 0 bridgehead atoms. The lowest BCUT2D eigenvalue weighted by atomic mass is 10.0. The Morgan fingerprint density at radius 1 is 0.405 bits per heavy atom. The van der Waals surface area contributed by atoms with Crippen molar-refractivity contribution in [3.63, 3.8) is 0 Å². The average Bonchev–Trinajstić information content (AvgIpc) is 2.76. The second kappa shape index (κ2) is 12.5. The number of rotatable bonds is 4. The van der Waals surface area contributed by atoms with E-state index in [9.17, 15) is 10.2 Å². The average molecular weight is 1140 g/mol. The van der Waals surface area contributed by atoms with Gasteiger partial charge in [0.25, 0.3) is 0 Å². The van der Waals surface area contributed by atoms with Gasteiger partial charge in [-0.25, -0.2) is 0 Å². The fraction of sp³-hybridized carbons (Fsp3) is 0. The third-order valence-electron chi connectivity index (χ3n) is 5.03. The number of phenolic OH excluding ortho intramolecular Hbond substituents is 2. The highest BCUT2D eigenvalue weighted by molar-refractivity contribution is 9.12. The summed E-state index contributed by atoms with van der Waals surface area (Å²) in [6.07, 6.45) is 0. The molecule has 0 fully saturated rings. The van der Waals surface area contributed by atoms with Crippen LogP contribution >= 0.6 is 159 Å². The molecule has 4 rings (SSSR count). The van der Waals surface area contributed by atoms with Crippen LogP contribution in [-0.4, -0.2) is 10.2 Å². The largest absolute Gasteiger partial charge is 0.504 e. The molecule has 3 nitrogen and oxygen atoms in total. The first-order valence-electron chi connectivity index (χ1n) is 9.71. The second-order valence-electron chi connectivity index (χ2n) is 7.38. The maximum atomic E-state index is 10.9. The van der Waals surface area contributed by atoms with Crippen molar-refractivity contribution >= 4 is 159 Å². The van der Waals surface area contributed by atoms with Crippen LogP contribution in [0.3, 0.4) is 0 Å². The molecule has 37 heavy (non-hydrogen) atoms. The number of hydrogen-bond donors (Lipinski definition) is 2. The Morgan fingerprint density at radius 3 is 0.973 bits per heavy atom. The van der Waals surface area contributed by atoms with Crippen molar-refractivity contribution in [3.05, 3.63) is 81.1 Å². The summed E-state index contributed by atoms with van der Waals surface area (Å²) in [6.45, 7) is 0. The number of phenols is 2. The number of hydrogen-bond acceptors (Lipinski definition) is 3. The zero-order valence-corrected chi connectivity index (χ0v) is 33.4. The molecule has 0 aromatic heterocycles. The first kappa shape index (κ1) is 31.0. The van der Waals surface area contributed by atoms with Gasteiger partial charge in [0.15, 0.2) is 23.0 Å². The first-order valence-corrected chi connectivity index (χ1v) is 17.6. The van der Waals surface area contributed by atoms with Gasteiger partial charge in [-0.1, -0.05) is 95.6 Å². The van der Waals surface area contributed by atoms with Crippen LogP contribution in [0.15, 0.2) is 81.1 Å². The smallest absolute Gasteiger partial charge is 0.184 e. The van der Waals surface area contributed by atoms with Crippen LogP contribution in [-0.2, 0) is 0 Å². The topological polar surface area (TPSA) is 49.7 Å². The second-order valence-corrected chi connectivity index (χ2v) is 15.9. The summed E-state index contributed by atoms with van der Waals surface area (Å²) >= 11 is 35.9. The Hall–Kier alpha value is 1.08. The molecule has 0 aliphatic rings.